The number of rotatable bonds is 7. The molecule has 0 radical (unpaired) electrons. The van der Waals surface area contributed by atoms with Crippen molar-refractivity contribution in [2.24, 2.45) is 5.92 Å². The van der Waals surface area contributed by atoms with Gasteiger partial charge in [-0.2, -0.15) is 0 Å². The largest absolute Gasteiger partial charge is 0.466 e. The van der Waals surface area contributed by atoms with Gasteiger partial charge < -0.3 is 9.64 Å². The molecule has 0 aliphatic heterocycles. The summed E-state index contributed by atoms with van der Waals surface area (Å²) in [6.45, 7) is 0.560. The maximum atomic E-state index is 13.7. The first-order valence-corrected chi connectivity index (χ1v) is 12.9. The molecular weight excluding hydrogens is 422 g/mol. The van der Waals surface area contributed by atoms with Crippen molar-refractivity contribution in [1.29, 1.82) is 0 Å². The van der Waals surface area contributed by atoms with Gasteiger partial charge in [0.2, 0.25) is 5.91 Å². The lowest BCUT2D eigenvalue weighted by atomic mass is 9.84. The van der Waals surface area contributed by atoms with Gasteiger partial charge in [0.05, 0.1) is 13.7 Å². The van der Waals surface area contributed by atoms with Gasteiger partial charge in [-0.25, -0.2) is 4.79 Å². The second kappa shape index (κ2) is 12.0. The number of hydrogen-bond donors (Lipinski definition) is 0. The fourth-order valence-electron chi connectivity index (χ4n) is 5.41. The van der Waals surface area contributed by atoms with Crippen LogP contribution in [-0.4, -0.2) is 19.0 Å². The van der Waals surface area contributed by atoms with Crippen LogP contribution >= 0.6 is 0 Å². The van der Waals surface area contributed by atoms with Gasteiger partial charge in [-0.3, -0.25) is 4.79 Å². The van der Waals surface area contributed by atoms with E-state index in [1.807, 2.05) is 29.2 Å². The monoisotopic (exact) mass is 459 g/mol. The summed E-state index contributed by atoms with van der Waals surface area (Å²) in [5, 5.41) is 0. The number of carbonyl (C=O) groups is 2. The molecule has 2 aliphatic carbocycles. The number of benzene rings is 2. The van der Waals surface area contributed by atoms with Gasteiger partial charge in [0.1, 0.15) is 0 Å². The lowest BCUT2D eigenvalue weighted by Crippen LogP contribution is -2.36. The summed E-state index contributed by atoms with van der Waals surface area (Å²) in [5.41, 5.74) is 4.33. The third kappa shape index (κ3) is 6.37. The normalized spacial score (nSPS) is 17.6. The van der Waals surface area contributed by atoms with Crippen LogP contribution in [0.4, 0.5) is 5.69 Å². The molecule has 0 bridgehead atoms. The number of carbonyl (C=O) groups excluding carboxylic acids is 2. The van der Waals surface area contributed by atoms with Crippen LogP contribution in [0.5, 0.6) is 0 Å². The number of ether oxygens (including phenoxy) is 1. The van der Waals surface area contributed by atoms with Crippen LogP contribution in [0.2, 0.25) is 0 Å². The minimum Gasteiger partial charge on any atom is -0.466 e. The third-order valence-corrected chi connectivity index (χ3v) is 7.41. The van der Waals surface area contributed by atoms with Gasteiger partial charge in [0.25, 0.3) is 0 Å². The second-order valence-corrected chi connectivity index (χ2v) is 9.79. The molecule has 34 heavy (non-hydrogen) atoms. The summed E-state index contributed by atoms with van der Waals surface area (Å²) in [5.74, 6) is 0.592. The Balaban J connectivity index is 1.56. The zero-order chi connectivity index (χ0) is 23.8. The van der Waals surface area contributed by atoms with Crippen molar-refractivity contribution in [3.8, 4) is 0 Å². The molecule has 0 N–H and O–H groups in total. The first-order valence-electron chi connectivity index (χ1n) is 12.9. The highest BCUT2D eigenvalue weighted by Gasteiger charge is 2.27. The lowest BCUT2D eigenvalue weighted by Gasteiger charge is -2.30. The van der Waals surface area contributed by atoms with Gasteiger partial charge in [0, 0.05) is 17.7 Å². The number of amides is 1. The molecule has 0 unspecified atom stereocenters. The molecule has 2 aliphatic rings. The molecular formula is C30H37NO3. The van der Waals surface area contributed by atoms with Gasteiger partial charge >= 0.3 is 5.97 Å². The van der Waals surface area contributed by atoms with E-state index in [1.165, 1.54) is 57.3 Å². The van der Waals surface area contributed by atoms with Gasteiger partial charge in [-0.15, -0.1) is 0 Å². The molecule has 0 heterocycles. The number of nitrogens with zero attached hydrogens (tertiary/aromatic N) is 1. The molecule has 4 heteroatoms. The Morgan fingerprint density at radius 1 is 0.912 bits per heavy atom. The van der Waals surface area contributed by atoms with Crippen LogP contribution in [0.1, 0.15) is 86.8 Å². The Hall–Kier alpha value is -2.88. The van der Waals surface area contributed by atoms with Crippen molar-refractivity contribution in [2.75, 3.05) is 12.0 Å². The average Bonchev–Trinajstić information content (AvgIpc) is 2.91. The standard InChI is InChI=1S/C30H37NO3/c1-34-29(32)20-17-23-9-8-14-28(21-23)31(30(33)27-12-6-3-7-13-27)22-24-15-18-26(19-16-24)25-10-4-2-5-11-25/h8-9,14-21,25,27H,2-7,10-13,22H2,1H3/b20-17+. The lowest BCUT2D eigenvalue weighted by molar-refractivity contribution is -0.134. The van der Waals surface area contributed by atoms with Crippen LogP contribution in [0.15, 0.2) is 54.6 Å². The average molecular weight is 460 g/mol. The number of hydrogen-bond acceptors (Lipinski definition) is 3. The summed E-state index contributed by atoms with van der Waals surface area (Å²) in [4.78, 5) is 27.1. The van der Waals surface area contributed by atoms with E-state index in [9.17, 15) is 9.59 Å². The zero-order valence-corrected chi connectivity index (χ0v) is 20.4. The van der Waals surface area contributed by atoms with Gasteiger partial charge in [-0.05, 0) is 66.5 Å². The van der Waals surface area contributed by atoms with E-state index in [4.69, 9.17) is 4.74 Å². The van der Waals surface area contributed by atoms with Gasteiger partial charge in [0.15, 0.2) is 0 Å². The molecule has 0 spiro atoms. The SMILES string of the molecule is COC(=O)/C=C/c1cccc(N(Cc2ccc(C3CCCCC3)cc2)C(=O)C2CCCCC2)c1. The topological polar surface area (TPSA) is 46.6 Å². The predicted octanol–water partition coefficient (Wildman–Crippen LogP) is 7.03. The quantitative estimate of drug-likeness (QED) is 0.330. The van der Waals surface area contributed by atoms with Crippen LogP contribution in [-0.2, 0) is 20.9 Å². The first kappa shape index (κ1) is 24.3. The van der Waals surface area contributed by atoms with E-state index in [0.717, 1.165) is 42.5 Å². The minimum atomic E-state index is -0.390. The highest BCUT2D eigenvalue weighted by atomic mass is 16.5. The minimum absolute atomic E-state index is 0.0875. The zero-order valence-electron chi connectivity index (χ0n) is 20.4. The van der Waals surface area contributed by atoms with Crippen molar-refractivity contribution in [2.45, 2.75) is 76.7 Å². The van der Waals surface area contributed by atoms with E-state index in [0.29, 0.717) is 12.5 Å². The highest BCUT2D eigenvalue weighted by molar-refractivity contribution is 5.95. The van der Waals surface area contributed by atoms with Crippen molar-refractivity contribution < 1.29 is 14.3 Å². The van der Waals surface area contributed by atoms with Crippen LogP contribution in [0.25, 0.3) is 6.08 Å². The highest BCUT2D eigenvalue weighted by Crippen LogP contribution is 2.33. The fourth-order valence-corrected chi connectivity index (χ4v) is 5.41. The van der Waals surface area contributed by atoms with E-state index in [-0.39, 0.29) is 11.8 Å². The summed E-state index contributed by atoms with van der Waals surface area (Å²) in [6.07, 6.45) is 15.2. The van der Waals surface area contributed by atoms with Crippen LogP contribution < -0.4 is 4.90 Å². The molecule has 0 atom stereocenters. The van der Waals surface area contributed by atoms with Crippen molar-refractivity contribution in [1.82, 2.24) is 0 Å². The fraction of sp³-hybridized carbons (Fsp3) is 0.467. The van der Waals surface area contributed by atoms with Crippen molar-refractivity contribution in [3.63, 3.8) is 0 Å². The molecule has 1 amide bonds. The molecule has 0 aromatic heterocycles. The first-order chi connectivity index (χ1) is 16.6. The molecule has 2 saturated carbocycles. The number of anilines is 1. The Morgan fingerprint density at radius 2 is 1.59 bits per heavy atom. The third-order valence-electron chi connectivity index (χ3n) is 7.41. The molecule has 4 nitrogen and oxygen atoms in total. The van der Waals surface area contributed by atoms with E-state index >= 15 is 0 Å². The van der Waals surface area contributed by atoms with E-state index < -0.39 is 5.97 Å². The molecule has 2 fully saturated rings. The maximum Gasteiger partial charge on any atom is 0.330 e. The van der Waals surface area contributed by atoms with E-state index in [2.05, 4.69) is 24.3 Å². The summed E-state index contributed by atoms with van der Waals surface area (Å²) in [6, 6.07) is 16.8. The van der Waals surface area contributed by atoms with Crippen LogP contribution in [0, 0.1) is 5.92 Å². The molecule has 180 valence electrons. The van der Waals surface area contributed by atoms with E-state index in [1.54, 1.807) is 6.08 Å². The molecule has 0 saturated heterocycles. The second-order valence-electron chi connectivity index (χ2n) is 9.79. The molecule has 2 aromatic carbocycles. The van der Waals surface area contributed by atoms with Gasteiger partial charge in [-0.1, -0.05) is 74.9 Å². The molecule has 2 aromatic rings. The number of esters is 1. The smallest absolute Gasteiger partial charge is 0.330 e. The Labute approximate surface area is 204 Å². The number of methoxy groups -OCH3 is 1. The summed E-state index contributed by atoms with van der Waals surface area (Å²) < 4.78 is 4.71. The summed E-state index contributed by atoms with van der Waals surface area (Å²) >= 11 is 0. The van der Waals surface area contributed by atoms with Crippen molar-refractivity contribution in [3.05, 3.63) is 71.3 Å². The Morgan fingerprint density at radius 3 is 2.26 bits per heavy atom. The van der Waals surface area contributed by atoms with Crippen LogP contribution in [0.3, 0.4) is 0 Å². The predicted molar refractivity (Wildman–Crippen MR) is 138 cm³/mol. The Kier molecular flexibility index (Phi) is 8.56. The Bertz CT molecular complexity index is 982. The maximum absolute atomic E-state index is 13.7. The van der Waals surface area contributed by atoms with Crippen molar-refractivity contribution >= 4 is 23.6 Å². The molecule has 4 rings (SSSR count). The summed E-state index contributed by atoms with van der Waals surface area (Å²) in [7, 11) is 1.37.